The smallest absolute Gasteiger partial charge is 0.130 e. The van der Waals surface area contributed by atoms with Crippen LogP contribution in [0.3, 0.4) is 0 Å². The minimum atomic E-state index is 0.332. The number of hydrogen-bond donors (Lipinski definition) is 0. The lowest BCUT2D eigenvalue weighted by Gasteiger charge is -2.25. The Bertz CT molecular complexity index is 215. The molecule has 0 aromatic carbocycles. The maximum absolute atomic E-state index is 10.9. The fraction of sp³-hybridized carbons (Fsp3) is 0.750. The molecule has 1 aliphatic rings. The molecule has 74 valence electrons. The molecule has 0 saturated heterocycles. The number of carbonyl (C=O) groups excluding carboxylic acids is 1. The molecule has 2 unspecified atom stereocenters. The van der Waals surface area contributed by atoms with Gasteiger partial charge in [0.25, 0.3) is 0 Å². The molecule has 1 aliphatic carbocycles. The van der Waals surface area contributed by atoms with Gasteiger partial charge in [0.05, 0.1) is 0 Å². The first-order chi connectivity index (χ1) is 6.09. The van der Waals surface area contributed by atoms with Crippen LogP contribution in [0.5, 0.6) is 0 Å². The van der Waals surface area contributed by atoms with E-state index in [1.165, 1.54) is 24.8 Å². The first-order valence-corrected chi connectivity index (χ1v) is 5.24. The van der Waals surface area contributed by atoms with Crippen molar-refractivity contribution in [2.45, 2.75) is 46.5 Å². The highest BCUT2D eigenvalue weighted by Gasteiger charge is 2.19. The van der Waals surface area contributed by atoms with Crippen molar-refractivity contribution in [3.63, 3.8) is 0 Å². The Labute approximate surface area is 81.2 Å². The van der Waals surface area contributed by atoms with E-state index in [2.05, 4.69) is 19.9 Å². The Balaban J connectivity index is 2.40. The standard InChI is InChI=1S/C12H20O/c1-9-4-6-12(7-5-9)10(2)8-11(3)13/h4,10,12H,5-8H2,1-3H3. The third-order valence-electron chi connectivity index (χ3n) is 3.09. The van der Waals surface area contributed by atoms with Gasteiger partial charge in [0.15, 0.2) is 0 Å². The fourth-order valence-electron chi connectivity index (χ4n) is 2.12. The maximum atomic E-state index is 10.9. The van der Waals surface area contributed by atoms with Gasteiger partial charge in [-0.3, -0.25) is 0 Å². The molecule has 0 heterocycles. The fourth-order valence-corrected chi connectivity index (χ4v) is 2.12. The van der Waals surface area contributed by atoms with Crippen LogP contribution in [0.15, 0.2) is 11.6 Å². The molecule has 0 saturated carbocycles. The van der Waals surface area contributed by atoms with Crippen LogP contribution in [-0.2, 0) is 4.79 Å². The number of carbonyl (C=O) groups is 1. The number of Topliss-reactive ketones (excluding diaryl/α,β-unsaturated/α-hetero) is 1. The number of allylic oxidation sites excluding steroid dienone is 2. The Morgan fingerprint density at radius 2 is 2.38 bits per heavy atom. The summed E-state index contributed by atoms with van der Waals surface area (Å²) in [6.07, 6.45) is 6.78. The minimum absolute atomic E-state index is 0.332. The average molecular weight is 180 g/mol. The second kappa shape index (κ2) is 4.59. The molecule has 0 fully saturated rings. The van der Waals surface area contributed by atoms with Gasteiger partial charge in [-0.1, -0.05) is 18.6 Å². The molecule has 0 radical (unpaired) electrons. The summed E-state index contributed by atoms with van der Waals surface area (Å²) in [7, 11) is 0. The first kappa shape index (κ1) is 10.5. The van der Waals surface area contributed by atoms with Gasteiger partial charge in [0, 0.05) is 6.42 Å². The monoisotopic (exact) mass is 180 g/mol. The summed E-state index contributed by atoms with van der Waals surface area (Å²) in [6.45, 7) is 6.10. The summed E-state index contributed by atoms with van der Waals surface area (Å²) in [5.74, 6) is 1.65. The zero-order chi connectivity index (χ0) is 9.84. The van der Waals surface area contributed by atoms with E-state index >= 15 is 0 Å². The highest BCUT2D eigenvalue weighted by atomic mass is 16.1. The normalized spacial score (nSPS) is 25.2. The highest BCUT2D eigenvalue weighted by Crippen LogP contribution is 2.30. The molecule has 1 rings (SSSR count). The van der Waals surface area contributed by atoms with Gasteiger partial charge in [0.1, 0.15) is 5.78 Å². The Hall–Kier alpha value is -0.590. The maximum Gasteiger partial charge on any atom is 0.130 e. The third-order valence-corrected chi connectivity index (χ3v) is 3.09. The zero-order valence-electron chi connectivity index (χ0n) is 8.97. The van der Waals surface area contributed by atoms with Gasteiger partial charge < -0.3 is 4.79 Å². The van der Waals surface area contributed by atoms with Gasteiger partial charge in [0.2, 0.25) is 0 Å². The van der Waals surface area contributed by atoms with E-state index < -0.39 is 0 Å². The van der Waals surface area contributed by atoms with Crippen molar-refractivity contribution in [1.82, 2.24) is 0 Å². The summed E-state index contributed by atoms with van der Waals surface area (Å²) in [6, 6.07) is 0. The lowest BCUT2D eigenvalue weighted by atomic mass is 9.80. The van der Waals surface area contributed by atoms with Crippen molar-refractivity contribution in [2.24, 2.45) is 11.8 Å². The van der Waals surface area contributed by atoms with Crippen molar-refractivity contribution in [3.8, 4) is 0 Å². The molecule has 0 N–H and O–H groups in total. The van der Waals surface area contributed by atoms with Crippen molar-refractivity contribution < 1.29 is 4.79 Å². The van der Waals surface area contributed by atoms with E-state index in [4.69, 9.17) is 0 Å². The number of hydrogen-bond acceptors (Lipinski definition) is 1. The summed E-state index contributed by atoms with van der Waals surface area (Å²) >= 11 is 0. The van der Waals surface area contributed by atoms with Gasteiger partial charge in [-0.2, -0.15) is 0 Å². The molecule has 0 aliphatic heterocycles. The Kier molecular flexibility index (Phi) is 3.71. The van der Waals surface area contributed by atoms with E-state index in [0.29, 0.717) is 11.7 Å². The minimum Gasteiger partial charge on any atom is -0.300 e. The van der Waals surface area contributed by atoms with Crippen LogP contribution >= 0.6 is 0 Å². The topological polar surface area (TPSA) is 17.1 Å². The Morgan fingerprint density at radius 1 is 1.69 bits per heavy atom. The first-order valence-electron chi connectivity index (χ1n) is 5.24. The van der Waals surface area contributed by atoms with Crippen molar-refractivity contribution in [1.29, 1.82) is 0 Å². The van der Waals surface area contributed by atoms with Crippen LogP contribution in [0.25, 0.3) is 0 Å². The summed E-state index contributed by atoms with van der Waals surface area (Å²) in [4.78, 5) is 10.9. The molecule has 13 heavy (non-hydrogen) atoms. The predicted molar refractivity (Wildman–Crippen MR) is 55.6 cm³/mol. The molecule has 0 amide bonds. The van der Waals surface area contributed by atoms with Gasteiger partial charge >= 0.3 is 0 Å². The van der Waals surface area contributed by atoms with Crippen molar-refractivity contribution in [2.75, 3.05) is 0 Å². The molecular formula is C12H20O. The molecular weight excluding hydrogens is 160 g/mol. The van der Waals surface area contributed by atoms with E-state index in [0.717, 1.165) is 12.3 Å². The quantitative estimate of drug-likeness (QED) is 0.609. The van der Waals surface area contributed by atoms with Crippen LogP contribution in [-0.4, -0.2) is 5.78 Å². The summed E-state index contributed by atoms with van der Waals surface area (Å²) in [5.41, 5.74) is 1.52. The zero-order valence-corrected chi connectivity index (χ0v) is 8.97. The largest absolute Gasteiger partial charge is 0.300 e. The molecule has 2 atom stereocenters. The second-order valence-corrected chi connectivity index (χ2v) is 4.47. The van der Waals surface area contributed by atoms with Gasteiger partial charge in [-0.25, -0.2) is 0 Å². The summed E-state index contributed by atoms with van der Waals surface area (Å²) < 4.78 is 0. The average Bonchev–Trinajstić information content (AvgIpc) is 2.04. The van der Waals surface area contributed by atoms with Gasteiger partial charge in [-0.05, 0) is 44.9 Å². The van der Waals surface area contributed by atoms with E-state index in [9.17, 15) is 4.79 Å². The molecule has 0 spiro atoms. The number of rotatable bonds is 3. The van der Waals surface area contributed by atoms with Crippen LogP contribution in [0.1, 0.15) is 46.5 Å². The van der Waals surface area contributed by atoms with Crippen molar-refractivity contribution in [3.05, 3.63) is 11.6 Å². The van der Waals surface area contributed by atoms with Crippen LogP contribution < -0.4 is 0 Å². The highest BCUT2D eigenvalue weighted by molar-refractivity contribution is 5.75. The van der Waals surface area contributed by atoms with E-state index in [1.807, 2.05) is 0 Å². The van der Waals surface area contributed by atoms with E-state index in [-0.39, 0.29) is 0 Å². The van der Waals surface area contributed by atoms with Crippen LogP contribution in [0.2, 0.25) is 0 Å². The number of ketones is 1. The van der Waals surface area contributed by atoms with E-state index in [1.54, 1.807) is 6.92 Å². The Morgan fingerprint density at radius 3 is 2.85 bits per heavy atom. The lowest BCUT2D eigenvalue weighted by molar-refractivity contribution is -0.118. The third kappa shape index (κ3) is 3.33. The SMILES string of the molecule is CC(=O)CC(C)C1CC=C(C)CC1. The molecule has 0 bridgehead atoms. The molecule has 0 aromatic heterocycles. The van der Waals surface area contributed by atoms with Crippen LogP contribution in [0.4, 0.5) is 0 Å². The molecule has 1 nitrogen and oxygen atoms in total. The summed E-state index contributed by atoms with van der Waals surface area (Å²) in [5, 5.41) is 0. The molecule has 1 heteroatoms. The van der Waals surface area contributed by atoms with Gasteiger partial charge in [-0.15, -0.1) is 0 Å². The second-order valence-electron chi connectivity index (χ2n) is 4.47. The molecule has 0 aromatic rings. The predicted octanol–water partition coefficient (Wildman–Crippen LogP) is 3.35. The van der Waals surface area contributed by atoms with Crippen LogP contribution in [0, 0.1) is 11.8 Å². The van der Waals surface area contributed by atoms with Crippen molar-refractivity contribution >= 4 is 5.78 Å². The lowest BCUT2D eigenvalue weighted by Crippen LogP contribution is -2.16.